The van der Waals surface area contributed by atoms with Gasteiger partial charge in [0.25, 0.3) is 10.1 Å². The molecule has 2 atom stereocenters. The van der Waals surface area contributed by atoms with Gasteiger partial charge in [-0.05, 0) is 58.1 Å². The minimum Gasteiger partial charge on any atom is -0.367 e. The molecule has 0 aromatic heterocycles. The molecule has 1 aromatic carbocycles. The van der Waals surface area contributed by atoms with E-state index in [1.54, 1.807) is 24.3 Å². The number of aryl methyl sites for hydroxylation is 1. The van der Waals surface area contributed by atoms with Crippen LogP contribution >= 0.6 is 0 Å². The normalized spacial score (nSPS) is 21.5. The van der Waals surface area contributed by atoms with Crippen molar-refractivity contribution in [2.45, 2.75) is 63.6 Å². The average Bonchev–Trinajstić information content (AvgIpc) is 3.04. The maximum Gasteiger partial charge on any atom is 0.296 e. The first kappa shape index (κ1) is 17.4. The van der Waals surface area contributed by atoms with E-state index in [2.05, 4.69) is 20.8 Å². The Morgan fingerprint density at radius 2 is 1.82 bits per heavy atom. The summed E-state index contributed by atoms with van der Waals surface area (Å²) in [6.07, 6.45) is 3.14. The predicted octanol–water partition coefficient (Wildman–Crippen LogP) is 3.68. The first-order valence-electron chi connectivity index (χ1n) is 7.84. The van der Waals surface area contributed by atoms with E-state index < -0.39 is 10.1 Å². The first-order valence-corrected chi connectivity index (χ1v) is 9.25. The van der Waals surface area contributed by atoms with E-state index in [9.17, 15) is 8.42 Å². The highest BCUT2D eigenvalue weighted by Gasteiger charge is 2.46. The number of rotatable bonds is 8. The second-order valence-corrected chi connectivity index (χ2v) is 8.39. The molecule has 0 spiro atoms. The Bertz CT molecular complexity index is 590. The molecule has 0 radical (unpaired) electrons. The van der Waals surface area contributed by atoms with Crippen molar-refractivity contribution < 1.29 is 17.3 Å². The van der Waals surface area contributed by atoms with E-state index in [-0.39, 0.29) is 17.1 Å². The molecule has 5 heteroatoms. The van der Waals surface area contributed by atoms with Crippen LogP contribution in [0.25, 0.3) is 0 Å². The van der Waals surface area contributed by atoms with E-state index in [1.165, 1.54) is 0 Å². The quantitative estimate of drug-likeness (QED) is 0.540. The van der Waals surface area contributed by atoms with Gasteiger partial charge in [0.2, 0.25) is 0 Å². The van der Waals surface area contributed by atoms with E-state index in [1.807, 2.05) is 6.92 Å². The molecule has 0 N–H and O–H groups in total. The molecule has 1 aromatic rings. The van der Waals surface area contributed by atoms with E-state index in [0.717, 1.165) is 24.8 Å². The summed E-state index contributed by atoms with van der Waals surface area (Å²) in [4.78, 5) is 0.221. The minimum atomic E-state index is -3.63. The Hall–Kier alpha value is -0.910. The molecule has 0 saturated carbocycles. The molecular weight excluding hydrogens is 300 g/mol. The fraction of sp³-hybridized carbons (Fsp3) is 0.647. The first-order chi connectivity index (χ1) is 10.2. The average molecular weight is 326 g/mol. The molecule has 2 rings (SSSR count). The summed E-state index contributed by atoms with van der Waals surface area (Å²) in [5, 5.41) is 0. The zero-order valence-electron chi connectivity index (χ0n) is 13.8. The summed E-state index contributed by atoms with van der Waals surface area (Å²) in [5.74, 6) is 0.424. The molecule has 0 amide bonds. The second-order valence-electron chi connectivity index (χ2n) is 6.77. The number of benzene rings is 1. The summed E-state index contributed by atoms with van der Waals surface area (Å²) in [6, 6.07) is 6.72. The molecule has 2 unspecified atom stereocenters. The molecule has 1 fully saturated rings. The molecule has 1 aliphatic heterocycles. The Balaban J connectivity index is 1.72. The van der Waals surface area contributed by atoms with Gasteiger partial charge in [0, 0.05) is 0 Å². The van der Waals surface area contributed by atoms with Crippen molar-refractivity contribution in [2.75, 3.05) is 6.61 Å². The van der Waals surface area contributed by atoms with E-state index in [0.29, 0.717) is 12.0 Å². The lowest BCUT2D eigenvalue weighted by Gasteiger charge is -2.11. The second kappa shape index (κ2) is 6.69. The van der Waals surface area contributed by atoms with Crippen LogP contribution in [0, 0.1) is 12.8 Å². The SMILES string of the molecule is Cc1ccc(S(=O)(=O)OCCC(C)CCC2OC2(C)C)cc1. The van der Waals surface area contributed by atoms with Crippen molar-refractivity contribution in [1.82, 2.24) is 0 Å². The molecule has 4 nitrogen and oxygen atoms in total. The van der Waals surface area contributed by atoms with Crippen LogP contribution in [0.2, 0.25) is 0 Å². The van der Waals surface area contributed by atoms with Crippen molar-refractivity contribution in [3.63, 3.8) is 0 Å². The maximum absolute atomic E-state index is 12.0. The van der Waals surface area contributed by atoms with Gasteiger partial charge in [0.1, 0.15) is 0 Å². The molecule has 1 saturated heterocycles. The smallest absolute Gasteiger partial charge is 0.296 e. The lowest BCUT2D eigenvalue weighted by Crippen LogP contribution is -2.11. The molecule has 1 heterocycles. The Morgan fingerprint density at radius 3 is 2.36 bits per heavy atom. The van der Waals surface area contributed by atoms with Crippen LogP contribution in [0.15, 0.2) is 29.2 Å². The van der Waals surface area contributed by atoms with Crippen molar-refractivity contribution in [2.24, 2.45) is 5.92 Å². The highest BCUT2D eigenvalue weighted by Crippen LogP contribution is 2.39. The minimum absolute atomic E-state index is 0.0327. The molecular formula is C17H26O4S. The summed E-state index contributed by atoms with van der Waals surface area (Å²) < 4.78 is 34.8. The van der Waals surface area contributed by atoms with Gasteiger partial charge in [-0.1, -0.05) is 24.6 Å². The van der Waals surface area contributed by atoms with Crippen molar-refractivity contribution in [3.8, 4) is 0 Å². The highest BCUT2D eigenvalue weighted by molar-refractivity contribution is 7.86. The fourth-order valence-corrected chi connectivity index (χ4v) is 3.37. The zero-order valence-corrected chi connectivity index (χ0v) is 14.7. The number of ether oxygens (including phenoxy) is 1. The Kier molecular flexibility index (Phi) is 5.30. The maximum atomic E-state index is 12.0. The Morgan fingerprint density at radius 1 is 1.23 bits per heavy atom. The van der Waals surface area contributed by atoms with Crippen LogP contribution in [-0.4, -0.2) is 26.7 Å². The number of hydrogen-bond acceptors (Lipinski definition) is 4. The van der Waals surface area contributed by atoms with Crippen LogP contribution in [0.1, 0.15) is 45.6 Å². The van der Waals surface area contributed by atoms with Gasteiger partial charge in [-0.2, -0.15) is 8.42 Å². The van der Waals surface area contributed by atoms with Crippen LogP contribution in [0.5, 0.6) is 0 Å². The van der Waals surface area contributed by atoms with Gasteiger partial charge < -0.3 is 4.74 Å². The molecule has 0 bridgehead atoms. The van der Waals surface area contributed by atoms with Crippen LogP contribution < -0.4 is 0 Å². The van der Waals surface area contributed by atoms with Crippen molar-refractivity contribution in [3.05, 3.63) is 29.8 Å². The summed E-state index contributed by atoms with van der Waals surface area (Å²) >= 11 is 0. The lowest BCUT2D eigenvalue weighted by molar-refractivity contribution is 0.274. The Labute approximate surface area is 134 Å². The van der Waals surface area contributed by atoms with Gasteiger partial charge >= 0.3 is 0 Å². The monoisotopic (exact) mass is 326 g/mol. The molecule has 1 aliphatic rings. The molecule has 22 heavy (non-hydrogen) atoms. The van der Waals surface area contributed by atoms with Crippen LogP contribution in [0.3, 0.4) is 0 Å². The summed E-state index contributed by atoms with van der Waals surface area (Å²) in [5.41, 5.74) is 1.06. The highest BCUT2D eigenvalue weighted by atomic mass is 32.2. The number of epoxide rings is 1. The third kappa shape index (κ3) is 4.80. The summed E-state index contributed by atoms with van der Waals surface area (Å²) in [7, 11) is -3.63. The fourth-order valence-electron chi connectivity index (χ4n) is 2.45. The third-order valence-corrected chi connectivity index (χ3v) is 5.57. The summed E-state index contributed by atoms with van der Waals surface area (Å²) in [6.45, 7) is 8.46. The van der Waals surface area contributed by atoms with Crippen molar-refractivity contribution >= 4 is 10.1 Å². The van der Waals surface area contributed by atoms with Gasteiger partial charge in [0.05, 0.1) is 23.2 Å². The zero-order chi connectivity index (χ0) is 16.4. The van der Waals surface area contributed by atoms with Gasteiger partial charge in [-0.25, -0.2) is 0 Å². The van der Waals surface area contributed by atoms with Crippen LogP contribution in [-0.2, 0) is 19.0 Å². The molecule has 124 valence electrons. The number of hydrogen-bond donors (Lipinski definition) is 0. The lowest BCUT2D eigenvalue weighted by atomic mass is 9.98. The van der Waals surface area contributed by atoms with E-state index >= 15 is 0 Å². The largest absolute Gasteiger partial charge is 0.367 e. The van der Waals surface area contributed by atoms with E-state index in [4.69, 9.17) is 8.92 Å². The third-order valence-electron chi connectivity index (χ3n) is 4.24. The standard InChI is InChI=1S/C17H26O4S/c1-13-5-8-15(9-6-13)22(18,19)20-12-11-14(2)7-10-16-17(3,4)21-16/h5-6,8-9,14,16H,7,10-12H2,1-4H3. The van der Waals surface area contributed by atoms with Gasteiger partial charge in [-0.3, -0.25) is 4.18 Å². The topological polar surface area (TPSA) is 55.9 Å². The van der Waals surface area contributed by atoms with Crippen LogP contribution in [0.4, 0.5) is 0 Å². The van der Waals surface area contributed by atoms with Gasteiger partial charge in [-0.15, -0.1) is 0 Å². The predicted molar refractivity (Wildman–Crippen MR) is 86.3 cm³/mol. The van der Waals surface area contributed by atoms with Crippen molar-refractivity contribution in [1.29, 1.82) is 0 Å². The van der Waals surface area contributed by atoms with Gasteiger partial charge in [0.15, 0.2) is 0 Å². The molecule has 0 aliphatic carbocycles.